The zero-order valence-electron chi connectivity index (χ0n) is 12.8. The summed E-state index contributed by atoms with van der Waals surface area (Å²) in [6.45, 7) is 8.78. The van der Waals surface area contributed by atoms with E-state index in [4.69, 9.17) is 14.2 Å². The molecule has 0 unspecified atom stereocenters. The molecule has 0 spiro atoms. The lowest BCUT2D eigenvalue weighted by molar-refractivity contribution is -0.915. The number of benzene rings is 1. The Labute approximate surface area is 125 Å². The van der Waals surface area contributed by atoms with Crippen LogP contribution in [0.15, 0.2) is 24.3 Å². The van der Waals surface area contributed by atoms with E-state index < -0.39 is 0 Å². The molecule has 1 N–H and O–H groups in total. The third kappa shape index (κ3) is 5.61. The second-order valence-electron chi connectivity index (χ2n) is 5.56. The van der Waals surface area contributed by atoms with Gasteiger partial charge in [-0.1, -0.05) is 12.1 Å². The molecule has 5 heteroatoms. The first kappa shape index (κ1) is 16.2. The normalized spacial score (nSPS) is 25.8. The van der Waals surface area contributed by atoms with E-state index in [0.29, 0.717) is 32.0 Å². The molecule has 0 saturated carbocycles. The van der Waals surface area contributed by atoms with Crippen LogP contribution >= 0.6 is 0 Å². The number of halogens is 1. The van der Waals surface area contributed by atoms with Crippen LogP contribution in [-0.4, -0.2) is 51.7 Å². The third-order valence-electron chi connectivity index (χ3n) is 3.54. The highest BCUT2D eigenvalue weighted by Gasteiger charge is 2.24. The highest BCUT2D eigenvalue weighted by Crippen LogP contribution is 2.14. The van der Waals surface area contributed by atoms with Crippen molar-refractivity contribution in [2.45, 2.75) is 26.1 Å². The summed E-state index contributed by atoms with van der Waals surface area (Å²) in [5.74, 6) is -0.0548. The lowest BCUT2D eigenvalue weighted by atomic mass is 10.2. The number of rotatable bonds is 7. The summed E-state index contributed by atoms with van der Waals surface area (Å²) in [5, 5.41) is 0. The summed E-state index contributed by atoms with van der Waals surface area (Å²) in [4.78, 5) is 1.51. The molecule has 0 amide bonds. The summed E-state index contributed by atoms with van der Waals surface area (Å²) in [6.07, 6.45) is 0.626. The number of para-hydroxylation sites is 1. The fraction of sp³-hybridized carbons (Fsp3) is 0.625. The van der Waals surface area contributed by atoms with Crippen LogP contribution < -0.4 is 9.64 Å². The van der Waals surface area contributed by atoms with Gasteiger partial charge in [0.25, 0.3) is 0 Å². The Kier molecular flexibility index (Phi) is 6.42. The molecule has 0 aliphatic carbocycles. The zero-order chi connectivity index (χ0) is 15.1. The van der Waals surface area contributed by atoms with Gasteiger partial charge < -0.3 is 19.1 Å². The lowest BCUT2D eigenvalue weighted by Gasteiger charge is -2.32. The van der Waals surface area contributed by atoms with E-state index in [-0.39, 0.29) is 11.6 Å². The van der Waals surface area contributed by atoms with Crippen LogP contribution in [0.2, 0.25) is 0 Å². The fourth-order valence-electron chi connectivity index (χ4n) is 2.68. The predicted octanol–water partition coefficient (Wildman–Crippen LogP) is 0.913. The highest BCUT2D eigenvalue weighted by molar-refractivity contribution is 5.23. The smallest absolute Gasteiger partial charge is 0.165 e. The Balaban J connectivity index is 1.55. The first-order valence-corrected chi connectivity index (χ1v) is 7.59. The van der Waals surface area contributed by atoms with E-state index in [9.17, 15) is 4.39 Å². The number of quaternary nitrogens is 1. The number of ether oxygens (including phenoxy) is 3. The number of hydrogen-bond donors (Lipinski definition) is 1. The number of nitrogens with one attached hydrogen (secondary N) is 1. The minimum Gasteiger partial charge on any atom is -0.488 e. The van der Waals surface area contributed by atoms with Crippen molar-refractivity contribution in [1.82, 2.24) is 0 Å². The summed E-state index contributed by atoms with van der Waals surface area (Å²) >= 11 is 0. The van der Waals surface area contributed by atoms with Gasteiger partial charge in [0, 0.05) is 0 Å². The summed E-state index contributed by atoms with van der Waals surface area (Å²) in [6, 6.07) is 6.41. The van der Waals surface area contributed by atoms with E-state index in [1.807, 2.05) is 0 Å². The third-order valence-corrected chi connectivity index (χ3v) is 3.54. The van der Waals surface area contributed by atoms with Crippen LogP contribution in [0, 0.1) is 5.82 Å². The maximum Gasteiger partial charge on any atom is 0.165 e. The standard InChI is InChI=1S/C16H24FNO3/c1-13-11-18(12-14(2)21-13)7-8-19-9-10-20-16-6-4-3-5-15(16)17/h3-6,13-14H,7-12H2,1-2H3/p+1/t13-,14-/m0/s1. The van der Waals surface area contributed by atoms with Crippen molar-refractivity contribution in [2.24, 2.45) is 0 Å². The predicted molar refractivity (Wildman–Crippen MR) is 78.3 cm³/mol. The van der Waals surface area contributed by atoms with Crippen molar-refractivity contribution in [2.75, 3.05) is 39.5 Å². The van der Waals surface area contributed by atoms with Gasteiger partial charge in [-0.25, -0.2) is 4.39 Å². The van der Waals surface area contributed by atoms with Gasteiger partial charge >= 0.3 is 0 Å². The van der Waals surface area contributed by atoms with Gasteiger partial charge in [0.1, 0.15) is 38.4 Å². The van der Waals surface area contributed by atoms with E-state index in [1.54, 1.807) is 18.2 Å². The van der Waals surface area contributed by atoms with Crippen molar-refractivity contribution in [1.29, 1.82) is 0 Å². The second kappa shape index (κ2) is 8.32. The first-order chi connectivity index (χ1) is 10.1. The van der Waals surface area contributed by atoms with Crippen LogP contribution in [0.5, 0.6) is 5.75 Å². The highest BCUT2D eigenvalue weighted by atomic mass is 19.1. The molecular formula is C16H25FNO3+. The summed E-state index contributed by atoms with van der Waals surface area (Å²) in [7, 11) is 0. The minimum atomic E-state index is -0.335. The Bertz CT molecular complexity index is 420. The lowest BCUT2D eigenvalue weighted by Crippen LogP contribution is -3.15. The topological polar surface area (TPSA) is 32.1 Å². The van der Waals surface area contributed by atoms with E-state index >= 15 is 0 Å². The maximum absolute atomic E-state index is 13.3. The molecule has 1 fully saturated rings. The number of hydrogen-bond acceptors (Lipinski definition) is 3. The van der Waals surface area contributed by atoms with Crippen LogP contribution in [0.25, 0.3) is 0 Å². The van der Waals surface area contributed by atoms with E-state index in [1.165, 1.54) is 11.0 Å². The molecule has 1 aliphatic heterocycles. The van der Waals surface area contributed by atoms with Gasteiger partial charge in [-0.05, 0) is 26.0 Å². The van der Waals surface area contributed by atoms with Crippen LogP contribution in [0.4, 0.5) is 4.39 Å². The Hall–Kier alpha value is -1.17. The van der Waals surface area contributed by atoms with Crippen molar-refractivity contribution in [3.63, 3.8) is 0 Å². The monoisotopic (exact) mass is 298 g/mol. The fourth-order valence-corrected chi connectivity index (χ4v) is 2.68. The van der Waals surface area contributed by atoms with Crippen molar-refractivity contribution >= 4 is 0 Å². The Morgan fingerprint density at radius 2 is 1.86 bits per heavy atom. The van der Waals surface area contributed by atoms with Crippen LogP contribution in [0.3, 0.4) is 0 Å². The molecule has 0 aromatic heterocycles. The largest absolute Gasteiger partial charge is 0.488 e. The first-order valence-electron chi connectivity index (χ1n) is 7.59. The van der Waals surface area contributed by atoms with Gasteiger partial charge in [-0.2, -0.15) is 0 Å². The number of morpholine rings is 1. The Morgan fingerprint density at radius 3 is 2.57 bits per heavy atom. The molecular weight excluding hydrogens is 273 g/mol. The molecule has 0 radical (unpaired) electrons. The van der Waals surface area contributed by atoms with Crippen LogP contribution in [0.1, 0.15) is 13.8 Å². The molecule has 4 nitrogen and oxygen atoms in total. The Morgan fingerprint density at radius 1 is 1.14 bits per heavy atom. The SMILES string of the molecule is C[C@H]1C[NH+](CCOCCOc2ccccc2F)C[C@H](C)O1. The van der Waals surface area contributed by atoms with Crippen molar-refractivity contribution in [3.05, 3.63) is 30.1 Å². The van der Waals surface area contributed by atoms with Crippen molar-refractivity contribution in [3.8, 4) is 5.75 Å². The quantitative estimate of drug-likeness (QED) is 0.760. The van der Waals surface area contributed by atoms with Crippen molar-refractivity contribution < 1.29 is 23.5 Å². The molecule has 1 aromatic carbocycles. The molecule has 0 bridgehead atoms. The second-order valence-corrected chi connectivity index (χ2v) is 5.56. The van der Waals surface area contributed by atoms with E-state index in [2.05, 4.69) is 13.8 Å². The molecule has 1 aromatic rings. The minimum absolute atomic E-state index is 0.280. The summed E-state index contributed by atoms with van der Waals surface area (Å²) in [5.41, 5.74) is 0. The molecule has 21 heavy (non-hydrogen) atoms. The van der Waals surface area contributed by atoms with Crippen LogP contribution in [-0.2, 0) is 9.47 Å². The molecule has 1 aliphatic rings. The molecule has 2 rings (SSSR count). The van der Waals surface area contributed by atoms with Gasteiger partial charge in [-0.15, -0.1) is 0 Å². The van der Waals surface area contributed by atoms with Gasteiger partial charge in [0.05, 0.1) is 13.2 Å². The van der Waals surface area contributed by atoms with Gasteiger partial charge in [0.15, 0.2) is 11.6 Å². The molecule has 1 saturated heterocycles. The van der Waals surface area contributed by atoms with Gasteiger partial charge in [-0.3, -0.25) is 0 Å². The molecule has 2 atom stereocenters. The molecule has 118 valence electrons. The zero-order valence-corrected chi connectivity index (χ0v) is 12.8. The average Bonchev–Trinajstić information content (AvgIpc) is 2.43. The maximum atomic E-state index is 13.3. The summed E-state index contributed by atoms with van der Waals surface area (Å²) < 4.78 is 29.9. The van der Waals surface area contributed by atoms with E-state index in [0.717, 1.165) is 19.6 Å². The van der Waals surface area contributed by atoms with Gasteiger partial charge in [0.2, 0.25) is 0 Å². The average molecular weight is 298 g/mol. The molecule has 1 heterocycles.